The first-order chi connectivity index (χ1) is 10.3. The fraction of sp³-hybridized carbons (Fsp3) is 0.625. The van der Waals surface area contributed by atoms with Gasteiger partial charge in [-0.2, -0.15) is 0 Å². The minimum absolute atomic E-state index is 0.315. The molecule has 1 aromatic rings. The monoisotopic (exact) mass is 297 g/mol. The van der Waals surface area contributed by atoms with Crippen molar-refractivity contribution in [1.29, 1.82) is 0 Å². The highest BCUT2D eigenvalue weighted by molar-refractivity contribution is 5.35. The summed E-state index contributed by atoms with van der Waals surface area (Å²) in [5.41, 5.74) is 0.862. The van der Waals surface area contributed by atoms with Gasteiger partial charge in [0.1, 0.15) is 6.61 Å². The van der Waals surface area contributed by atoms with Crippen LogP contribution < -0.4 is 10.1 Å². The topological polar surface area (TPSA) is 39.7 Å². The van der Waals surface area contributed by atoms with Gasteiger partial charge in [0.05, 0.1) is 6.61 Å². The predicted molar refractivity (Wildman–Crippen MR) is 79.1 cm³/mol. The highest BCUT2D eigenvalue weighted by atomic mass is 19.1. The molecule has 4 nitrogen and oxygen atoms in total. The molecule has 21 heavy (non-hydrogen) atoms. The fourth-order valence-electron chi connectivity index (χ4n) is 2.01. The molecule has 0 amide bonds. The van der Waals surface area contributed by atoms with Gasteiger partial charge in [0.2, 0.25) is 0 Å². The van der Waals surface area contributed by atoms with Crippen LogP contribution in [0.25, 0.3) is 0 Å². The van der Waals surface area contributed by atoms with Gasteiger partial charge >= 0.3 is 0 Å². The average Bonchev–Trinajstić information content (AvgIpc) is 3.30. The molecule has 0 atom stereocenters. The third-order valence-corrected chi connectivity index (χ3v) is 3.32. The number of hydrogen-bond donors (Lipinski definition) is 1. The van der Waals surface area contributed by atoms with E-state index in [1.54, 1.807) is 13.2 Å². The van der Waals surface area contributed by atoms with Gasteiger partial charge in [-0.15, -0.1) is 0 Å². The maximum absolute atomic E-state index is 13.9. The van der Waals surface area contributed by atoms with Gasteiger partial charge in [-0.25, -0.2) is 4.39 Å². The summed E-state index contributed by atoms with van der Waals surface area (Å²) in [6.07, 6.45) is 3.27. The van der Waals surface area contributed by atoms with E-state index in [4.69, 9.17) is 14.2 Å². The number of rotatable bonds is 11. The SMILES string of the molecule is COCCCOCCOc1c(F)cccc1CNC1CC1. The molecule has 1 aliphatic rings. The summed E-state index contributed by atoms with van der Waals surface area (Å²) in [7, 11) is 1.67. The van der Waals surface area contributed by atoms with Crippen molar-refractivity contribution in [3.05, 3.63) is 29.6 Å². The zero-order valence-electron chi connectivity index (χ0n) is 12.6. The zero-order chi connectivity index (χ0) is 14.9. The molecule has 0 radical (unpaired) electrons. The Balaban J connectivity index is 1.72. The third-order valence-electron chi connectivity index (χ3n) is 3.32. The van der Waals surface area contributed by atoms with Crippen LogP contribution in [0.2, 0.25) is 0 Å². The first-order valence-electron chi connectivity index (χ1n) is 7.51. The Morgan fingerprint density at radius 3 is 2.81 bits per heavy atom. The molecule has 0 heterocycles. The Morgan fingerprint density at radius 2 is 2.05 bits per heavy atom. The third kappa shape index (κ3) is 5.99. The average molecular weight is 297 g/mol. The molecule has 1 fully saturated rings. The van der Waals surface area contributed by atoms with E-state index in [-0.39, 0.29) is 5.82 Å². The minimum Gasteiger partial charge on any atom is -0.488 e. The van der Waals surface area contributed by atoms with Crippen LogP contribution in [0.5, 0.6) is 5.75 Å². The molecule has 2 rings (SSSR count). The summed E-state index contributed by atoms with van der Waals surface area (Å²) >= 11 is 0. The molecule has 0 bridgehead atoms. The van der Waals surface area contributed by atoms with Gasteiger partial charge in [0.15, 0.2) is 11.6 Å². The van der Waals surface area contributed by atoms with Gasteiger partial charge in [0, 0.05) is 38.5 Å². The molecule has 118 valence electrons. The summed E-state index contributed by atoms with van der Waals surface area (Å²) in [5, 5.41) is 3.37. The predicted octanol–water partition coefficient (Wildman–Crippen LogP) is 2.51. The van der Waals surface area contributed by atoms with Gasteiger partial charge in [-0.3, -0.25) is 0 Å². The number of nitrogens with one attached hydrogen (secondary N) is 1. The lowest BCUT2D eigenvalue weighted by Gasteiger charge is -2.13. The molecule has 0 aliphatic heterocycles. The van der Waals surface area contributed by atoms with Crippen LogP contribution in [0.15, 0.2) is 18.2 Å². The van der Waals surface area contributed by atoms with Gasteiger partial charge in [-0.05, 0) is 25.3 Å². The van der Waals surface area contributed by atoms with Crippen molar-refractivity contribution in [1.82, 2.24) is 5.32 Å². The summed E-state index contributed by atoms with van der Waals surface area (Å²) in [6, 6.07) is 5.63. The number of hydrogen-bond acceptors (Lipinski definition) is 4. The van der Waals surface area contributed by atoms with Crippen LogP contribution in [-0.4, -0.2) is 39.6 Å². The Bertz CT molecular complexity index is 424. The van der Waals surface area contributed by atoms with E-state index in [0.29, 0.717) is 44.8 Å². The largest absolute Gasteiger partial charge is 0.488 e. The second-order valence-electron chi connectivity index (χ2n) is 5.19. The van der Waals surface area contributed by atoms with E-state index in [9.17, 15) is 4.39 Å². The standard InChI is InChI=1S/C16H24FNO3/c1-19-8-3-9-20-10-11-21-16-13(4-2-5-15(16)17)12-18-14-6-7-14/h2,4-5,14,18H,3,6-12H2,1H3. The Morgan fingerprint density at radius 1 is 1.19 bits per heavy atom. The van der Waals surface area contributed by atoms with E-state index in [1.807, 2.05) is 6.07 Å². The fourth-order valence-corrected chi connectivity index (χ4v) is 2.01. The molecule has 1 saturated carbocycles. The maximum Gasteiger partial charge on any atom is 0.165 e. The van der Waals surface area contributed by atoms with Crippen molar-refractivity contribution in [3.8, 4) is 5.75 Å². The lowest BCUT2D eigenvalue weighted by Crippen LogP contribution is -2.17. The molecule has 1 aromatic carbocycles. The highest BCUT2D eigenvalue weighted by Gasteiger charge is 2.21. The Hall–Kier alpha value is -1.17. The maximum atomic E-state index is 13.9. The van der Waals surface area contributed by atoms with Crippen molar-refractivity contribution in [2.24, 2.45) is 0 Å². The van der Waals surface area contributed by atoms with Crippen molar-refractivity contribution in [3.63, 3.8) is 0 Å². The minimum atomic E-state index is -0.315. The quantitative estimate of drug-likeness (QED) is 0.637. The van der Waals surface area contributed by atoms with Gasteiger partial charge < -0.3 is 19.5 Å². The van der Waals surface area contributed by atoms with E-state index in [0.717, 1.165) is 12.0 Å². The Kier molecular flexibility index (Phi) is 6.92. The second-order valence-corrected chi connectivity index (χ2v) is 5.19. The van der Waals surface area contributed by atoms with Crippen LogP contribution in [0.1, 0.15) is 24.8 Å². The smallest absolute Gasteiger partial charge is 0.165 e. The molecular weight excluding hydrogens is 273 g/mol. The second kappa shape index (κ2) is 8.97. The van der Waals surface area contributed by atoms with Crippen molar-refractivity contribution < 1.29 is 18.6 Å². The van der Waals surface area contributed by atoms with E-state index in [1.165, 1.54) is 18.9 Å². The molecule has 0 saturated heterocycles. The van der Waals surface area contributed by atoms with Gasteiger partial charge in [-0.1, -0.05) is 12.1 Å². The molecule has 1 N–H and O–H groups in total. The summed E-state index contributed by atoms with van der Waals surface area (Å²) < 4.78 is 29.7. The van der Waals surface area contributed by atoms with Crippen LogP contribution in [0.3, 0.4) is 0 Å². The van der Waals surface area contributed by atoms with Crippen LogP contribution in [0.4, 0.5) is 4.39 Å². The summed E-state index contributed by atoms with van der Waals surface area (Å²) in [4.78, 5) is 0. The van der Waals surface area contributed by atoms with E-state index < -0.39 is 0 Å². The molecule has 5 heteroatoms. The van der Waals surface area contributed by atoms with E-state index >= 15 is 0 Å². The number of ether oxygens (including phenoxy) is 3. The van der Waals surface area contributed by atoms with Crippen LogP contribution >= 0.6 is 0 Å². The van der Waals surface area contributed by atoms with Crippen molar-refractivity contribution >= 4 is 0 Å². The normalized spacial score (nSPS) is 14.4. The number of halogens is 1. The summed E-state index contributed by atoms with van der Waals surface area (Å²) in [6.45, 7) is 2.76. The number of para-hydroxylation sites is 1. The van der Waals surface area contributed by atoms with E-state index in [2.05, 4.69) is 5.32 Å². The van der Waals surface area contributed by atoms with Crippen molar-refractivity contribution in [2.75, 3.05) is 33.5 Å². The lowest BCUT2D eigenvalue weighted by atomic mass is 10.2. The number of benzene rings is 1. The Labute approximate surface area is 125 Å². The molecular formula is C16H24FNO3. The summed E-state index contributed by atoms with van der Waals surface area (Å²) in [5.74, 6) is 0.0237. The molecule has 0 aromatic heterocycles. The lowest BCUT2D eigenvalue weighted by molar-refractivity contribution is 0.0794. The number of methoxy groups -OCH3 is 1. The zero-order valence-corrected chi connectivity index (χ0v) is 12.6. The van der Waals surface area contributed by atoms with Gasteiger partial charge in [0.25, 0.3) is 0 Å². The molecule has 1 aliphatic carbocycles. The first kappa shape index (κ1) is 16.2. The molecule has 0 unspecified atom stereocenters. The highest BCUT2D eigenvalue weighted by Crippen LogP contribution is 2.25. The van der Waals surface area contributed by atoms with Crippen LogP contribution in [-0.2, 0) is 16.0 Å². The van der Waals surface area contributed by atoms with Crippen LogP contribution in [0, 0.1) is 5.82 Å². The van der Waals surface area contributed by atoms with Crippen molar-refractivity contribution in [2.45, 2.75) is 31.8 Å². The first-order valence-corrected chi connectivity index (χ1v) is 7.51. The molecule has 0 spiro atoms.